The number of hydrogen-bond acceptors (Lipinski definition) is 8. The smallest absolute Gasteiger partial charge is 0.373 e. The summed E-state index contributed by atoms with van der Waals surface area (Å²) in [7, 11) is 0. The van der Waals surface area contributed by atoms with Crippen LogP contribution in [-0.4, -0.2) is 33.2 Å². The predicted octanol–water partition coefficient (Wildman–Crippen LogP) is 3.70. The molecule has 0 radical (unpaired) electrons. The SMILES string of the molecule is CCc1cnc(NC2CCC(Oc3cccc4nc(C)cc(N)c34)CC2)nc1.O=C=O. The van der Waals surface area contributed by atoms with Gasteiger partial charge < -0.3 is 15.8 Å². The predicted molar refractivity (Wildman–Crippen MR) is 118 cm³/mol. The van der Waals surface area contributed by atoms with Crippen molar-refractivity contribution in [1.82, 2.24) is 15.0 Å². The van der Waals surface area contributed by atoms with Crippen molar-refractivity contribution in [3.8, 4) is 5.75 Å². The number of anilines is 2. The number of fused-ring (bicyclic) bond motifs is 1. The van der Waals surface area contributed by atoms with E-state index in [1.54, 1.807) is 0 Å². The van der Waals surface area contributed by atoms with Crippen molar-refractivity contribution >= 4 is 28.7 Å². The number of nitrogen functional groups attached to an aromatic ring is 1. The number of ether oxygens (including phenoxy) is 1. The van der Waals surface area contributed by atoms with Crippen LogP contribution in [-0.2, 0) is 16.0 Å². The molecule has 2 heterocycles. The molecule has 2 aromatic heterocycles. The van der Waals surface area contributed by atoms with E-state index in [1.165, 1.54) is 0 Å². The van der Waals surface area contributed by atoms with E-state index in [4.69, 9.17) is 20.1 Å². The number of aromatic nitrogens is 3. The molecule has 0 spiro atoms. The van der Waals surface area contributed by atoms with Crippen LogP contribution in [0.25, 0.3) is 10.9 Å². The lowest BCUT2D eigenvalue weighted by atomic mass is 9.93. The molecule has 0 amide bonds. The maximum Gasteiger partial charge on any atom is 0.373 e. The molecule has 1 saturated carbocycles. The van der Waals surface area contributed by atoms with Gasteiger partial charge in [0.15, 0.2) is 0 Å². The summed E-state index contributed by atoms with van der Waals surface area (Å²) in [6, 6.07) is 8.24. The summed E-state index contributed by atoms with van der Waals surface area (Å²) in [6.07, 6.45) is 9.21. The van der Waals surface area contributed by atoms with Gasteiger partial charge in [-0.25, -0.2) is 9.97 Å². The highest BCUT2D eigenvalue weighted by molar-refractivity contribution is 5.95. The number of nitrogens with one attached hydrogen (secondary N) is 1. The molecular formula is C23H27N5O3. The van der Waals surface area contributed by atoms with E-state index in [9.17, 15) is 0 Å². The van der Waals surface area contributed by atoms with Gasteiger partial charge in [-0.1, -0.05) is 13.0 Å². The lowest BCUT2D eigenvalue weighted by molar-refractivity contribution is -0.191. The third kappa shape index (κ3) is 5.77. The van der Waals surface area contributed by atoms with Crippen LogP contribution in [0, 0.1) is 6.92 Å². The lowest BCUT2D eigenvalue weighted by Gasteiger charge is -2.30. The Labute approximate surface area is 181 Å². The van der Waals surface area contributed by atoms with Crippen molar-refractivity contribution in [3.05, 3.63) is 47.9 Å². The second-order valence-corrected chi connectivity index (χ2v) is 7.59. The number of aryl methyl sites for hydroxylation is 2. The van der Waals surface area contributed by atoms with Gasteiger partial charge in [-0.2, -0.15) is 9.59 Å². The highest BCUT2D eigenvalue weighted by atomic mass is 16.5. The van der Waals surface area contributed by atoms with E-state index >= 15 is 0 Å². The monoisotopic (exact) mass is 421 g/mol. The summed E-state index contributed by atoms with van der Waals surface area (Å²) in [6.45, 7) is 4.06. The highest BCUT2D eigenvalue weighted by Crippen LogP contribution is 2.33. The number of pyridine rings is 1. The summed E-state index contributed by atoms with van der Waals surface area (Å²) in [5.41, 5.74) is 9.93. The van der Waals surface area contributed by atoms with Crippen LogP contribution < -0.4 is 15.8 Å². The van der Waals surface area contributed by atoms with Crippen molar-refractivity contribution in [2.45, 2.75) is 58.1 Å². The van der Waals surface area contributed by atoms with Crippen LogP contribution in [0.15, 0.2) is 36.7 Å². The Kier molecular flexibility index (Phi) is 7.51. The van der Waals surface area contributed by atoms with E-state index < -0.39 is 0 Å². The number of carbonyl (C=O) groups excluding carboxylic acids is 2. The minimum atomic E-state index is 0.188. The minimum absolute atomic E-state index is 0.188. The second-order valence-electron chi connectivity index (χ2n) is 7.59. The molecule has 0 bridgehead atoms. The van der Waals surface area contributed by atoms with Crippen molar-refractivity contribution in [1.29, 1.82) is 0 Å². The molecule has 8 nitrogen and oxygen atoms in total. The number of hydrogen-bond donors (Lipinski definition) is 2. The van der Waals surface area contributed by atoms with Crippen molar-refractivity contribution in [2.75, 3.05) is 11.1 Å². The Morgan fingerprint density at radius 3 is 2.48 bits per heavy atom. The van der Waals surface area contributed by atoms with Gasteiger partial charge in [0.25, 0.3) is 0 Å². The number of nitrogens with two attached hydrogens (primary N) is 1. The fourth-order valence-corrected chi connectivity index (χ4v) is 3.82. The van der Waals surface area contributed by atoms with E-state index in [-0.39, 0.29) is 12.3 Å². The van der Waals surface area contributed by atoms with Gasteiger partial charge in [-0.15, -0.1) is 0 Å². The normalized spacial score (nSPS) is 17.9. The molecule has 3 aromatic rings. The zero-order valence-electron chi connectivity index (χ0n) is 17.8. The Bertz CT molecular complexity index is 1040. The molecule has 1 fully saturated rings. The van der Waals surface area contributed by atoms with Gasteiger partial charge >= 0.3 is 6.15 Å². The Morgan fingerprint density at radius 1 is 1.16 bits per heavy atom. The third-order valence-electron chi connectivity index (χ3n) is 5.37. The molecule has 0 saturated heterocycles. The molecule has 8 heteroatoms. The minimum Gasteiger partial charge on any atom is -0.490 e. The maximum atomic E-state index is 8.12. The van der Waals surface area contributed by atoms with Gasteiger partial charge in [0.2, 0.25) is 5.95 Å². The molecule has 0 unspecified atom stereocenters. The van der Waals surface area contributed by atoms with Crippen LogP contribution >= 0.6 is 0 Å². The molecule has 1 aliphatic rings. The van der Waals surface area contributed by atoms with Crippen LogP contribution in [0.4, 0.5) is 11.6 Å². The zero-order valence-corrected chi connectivity index (χ0v) is 17.8. The maximum absolute atomic E-state index is 8.12. The summed E-state index contributed by atoms with van der Waals surface area (Å²) in [5.74, 6) is 1.54. The average Bonchev–Trinajstić information content (AvgIpc) is 2.76. The Morgan fingerprint density at radius 2 is 1.84 bits per heavy atom. The summed E-state index contributed by atoms with van der Waals surface area (Å²) in [5, 5.41) is 4.37. The third-order valence-corrected chi connectivity index (χ3v) is 5.37. The fourth-order valence-electron chi connectivity index (χ4n) is 3.82. The highest BCUT2D eigenvalue weighted by Gasteiger charge is 2.23. The Hall–Kier alpha value is -3.51. The summed E-state index contributed by atoms with van der Waals surface area (Å²) in [4.78, 5) is 29.6. The first-order valence-corrected chi connectivity index (χ1v) is 10.4. The topological polar surface area (TPSA) is 120 Å². The largest absolute Gasteiger partial charge is 0.490 e. The van der Waals surface area contributed by atoms with Crippen LogP contribution in [0.3, 0.4) is 0 Å². The number of benzene rings is 1. The first-order chi connectivity index (χ1) is 15.0. The second kappa shape index (κ2) is 10.5. The standard InChI is InChI=1S/C22H27N5O.CO2/c1-3-15-12-24-22(25-13-15)27-16-7-9-17(10-8-16)28-20-6-4-5-19-21(20)18(23)11-14(2)26-19;2-1-3/h4-6,11-13,16-17H,3,7-10H2,1-2H3,(H2,23,26)(H,24,25,27);. The molecule has 3 N–H and O–H groups in total. The Balaban J connectivity index is 0.000000858. The molecule has 162 valence electrons. The molecule has 1 aromatic carbocycles. The van der Waals surface area contributed by atoms with Crippen molar-refractivity contribution in [2.24, 2.45) is 0 Å². The van der Waals surface area contributed by atoms with Gasteiger partial charge in [0.05, 0.1) is 17.0 Å². The molecule has 0 aliphatic heterocycles. The van der Waals surface area contributed by atoms with Crippen LogP contribution in [0.5, 0.6) is 5.75 Å². The van der Waals surface area contributed by atoms with Crippen molar-refractivity contribution < 1.29 is 14.3 Å². The zero-order chi connectivity index (χ0) is 22.2. The van der Waals surface area contributed by atoms with E-state index in [1.807, 2.05) is 43.6 Å². The molecule has 4 rings (SSSR count). The molecule has 31 heavy (non-hydrogen) atoms. The van der Waals surface area contributed by atoms with E-state index in [0.29, 0.717) is 12.0 Å². The van der Waals surface area contributed by atoms with E-state index in [2.05, 4.69) is 27.2 Å². The van der Waals surface area contributed by atoms with Crippen molar-refractivity contribution in [3.63, 3.8) is 0 Å². The number of nitrogens with zero attached hydrogens (tertiary/aromatic N) is 3. The van der Waals surface area contributed by atoms with Gasteiger partial charge in [0.1, 0.15) is 5.75 Å². The lowest BCUT2D eigenvalue weighted by Crippen LogP contribution is -2.31. The summed E-state index contributed by atoms with van der Waals surface area (Å²) >= 11 is 0. The number of rotatable bonds is 5. The van der Waals surface area contributed by atoms with Gasteiger partial charge in [-0.3, -0.25) is 4.98 Å². The molecular weight excluding hydrogens is 394 g/mol. The first-order valence-electron chi connectivity index (χ1n) is 10.4. The van der Waals surface area contributed by atoms with E-state index in [0.717, 1.165) is 65.7 Å². The summed E-state index contributed by atoms with van der Waals surface area (Å²) < 4.78 is 6.34. The van der Waals surface area contributed by atoms with Crippen LogP contribution in [0.2, 0.25) is 0 Å². The first kappa shape index (κ1) is 22.2. The quantitative estimate of drug-likeness (QED) is 0.640. The van der Waals surface area contributed by atoms with Gasteiger partial charge in [-0.05, 0) is 62.8 Å². The van der Waals surface area contributed by atoms with Crippen LogP contribution in [0.1, 0.15) is 43.9 Å². The average molecular weight is 422 g/mol. The fraction of sp³-hybridized carbons (Fsp3) is 0.391. The molecule has 1 aliphatic carbocycles. The van der Waals surface area contributed by atoms with Gasteiger partial charge in [0, 0.05) is 29.8 Å². The molecule has 0 atom stereocenters.